The second kappa shape index (κ2) is 6.60. The predicted octanol–water partition coefficient (Wildman–Crippen LogP) is 3.36. The Labute approximate surface area is 114 Å². The first kappa shape index (κ1) is 13.9. The first-order valence-corrected chi connectivity index (χ1v) is 7.00. The van der Waals surface area contributed by atoms with Gasteiger partial charge in [0.25, 0.3) is 0 Å². The molecule has 1 aromatic carbocycles. The van der Waals surface area contributed by atoms with Crippen molar-refractivity contribution in [1.82, 2.24) is 0 Å². The first-order valence-electron chi connectivity index (χ1n) is 7.00. The molecule has 1 aromatic rings. The molecule has 0 aromatic heterocycles. The topological polar surface area (TPSA) is 35.5 Å². The molecule has 0 spiro atoms. The van der Waals surface area contributed by atoms with Crippen LogP contribution in [0, 0.1) is 5.92 Å². The normalized spacial score (nSPS) is 22.8. The van der Waals surface area contributed by atoms with Gasteiger partial charge in [-0.15, -0.1) is 0 Å². The monoisotopic (exact) mass is 262 g/mol. The first-order chi connectivity index (χ1) is 9.17. The van der Waals surface area contributed by atoms with Gasteiger partial charge in [-0.25, -0.2) is 0 Å². The van der Waals surface area contributed by atoms with Crippen molar-refractivity contribution in [2.24, 2.45) is 5.92 Å². The summed E-state index contributed by atoms with van der Waals surface area (Å²) in [6.07, 6.45) is 5.46. The van der Waals surface area contributed by atoms with Crippen LogP contribution in [-0.2, 0) is 16.0 Å². The quantitative estimate of drug-likeness (QED) is 0.780. The number of hydrogen-bond acceptors (Lipinski definition) is 3. The molecule has 104 valence electrons. The molecule has 1 aliphatic rings. The van der Waals surface area contributed by atoms with Gasteiger partial charge in [0.2, 0.25) is 0 Å². The predicted molar refractivity (Wildman–Crippen MR) is 74.2 cm³/mol. The minimum absolute atomic E-state index is 0.213. The van der Waals surface area contributed by atoms with E-state index < -0.39 is 0 Å². The molecule has 0 radical (unpaired) electrons. The number of carbonyl (C=O) groups is 1. The Kier molecular flexibility index (Phi) is 4.83. The maximum atomic E-state index is 11.2. The molecular formula is C16H22O3. The van der Waals surface area contributed by atoms with Crippen molar-refractivity contribution in [2.75, 3.05) is 7.11 Å². The van der Waals surface area contributed by atoms with Crippen molar-refractivity contribution in [3.05, 3.63) is 29.8 Å². The number of rotatable bonds is 4. The summed E-state index contributed by atoms with van der Waals surface area (Å²) < 4.78 is 10.6. The molecule has 3 heteroatoms. The lowest BCUT2D eigenvalue weighted by atomic mass is 9.89. The summed E-state index contributed by atoms with van der Waals surface area (Å²) in [4.78, 5) is 11.2. The van der Waals surface area contributed by atoms with Crippen molar-refractivity contribution in [3.63, 3.8) is 0 Å². The molecule has 1 aliphatic carbocycles. The Morgan fingerprint density at radius 3 is 2.37 bits per heavy atom. The van der Waals surface area contributed by atoms with Crippen molar-refractivity contribution < 1.29 is 14.3 Å². The van der Waals surface area contributed by atoms with E-state index in [0.29, 0.717) is 12.5 Å². The van der Waals surface area contributed by atoms with E-state index in [2.05, 4.69) is 11.7 Å². The molecule has 0 saturated heterocycles. The zero-order valence-electron chi connectivity index (χ0n) is 11.7. The number of benzene rings is 1. The van der Waals surface area contributed by atoms with E-state index in [1.807, 2.05) is 24.3 Å². The minimum atomic E-state index is -0.213. The molecule has 0 atom stereocenters. The van der Waals surface area contributed by atoms with Crippen LogP contribution in [0.25, 0.3) is 0 Å². The molecule has 3 nitrogen and oxygen atoms in total. The van der Waals surface area contributed by atoms with Crippen LogP contribution >= 0.6 is 0 Å². The average Bonchev–Trinajstić information content (AvgIpc) is 2.43. The molecule has 0 heterocycles. The lowest BCUT2D eigenvalue weighted by molar-refractivity contribution is -0.139. The van der Waals surface area contributed by atoms with Crippen LogP contribution in [0.4, 0.5) is 0 Å². The molecule has 0 amide bonds. The Morgan fingerprint density at radius 2 is 1.79 bits per heavy atom. The fourth-order valence-corrected chi connectivity index (χ4v) is 2.46. The van der Waals surface area contributed by atoms with Crippen LogP contribution < -0.4 is 4.74 Å². The summed E-state index contributed by atoms with van der Waals surface area (Å²) in [6, 6.07) is 7.74. The van der Waals surface area contributed by atoms with Gasteiger partial charge in [0.15, 0.2) is 0 Å². The van der Waals surface area contributed by atoms with E-state index in [4.69, 9.17) is 4.74 Å². The summed E-state index contributed by atoms with van der Waals surface area (Å²) in [6.45, 7) is 2.30. The van der Waals surface area contributed by atoms with Gasteiger partial charge >= 0.3 is 5.97 Å². The lowest BCUT2D eigenvalue weighted by Crippen LogP contribution is -2.22. The van der Waals surface area contributed by atoms with Gasteiger partial charge in [0.05, 0.1) is 19.6 Å². The highest BCUT2D eigenvalue weighted by Crippen LogP contribution is 2.27. The third kappa shape index (κ3) is 4.27. The number of ether oxygens (including phenoxy) is 2. The van der Waals surface area contributed by atoms with E-state index >= 15 is 0 Å². The number of methoxy groups -OCH3 is 1. The SMILES string of the molecule is COC(=O)Cc1ccc(OC2CCC(C)CC2)cc1. The van der Waals surface area contributed by atoms with Crippen molar-refractivity contribution in [1.29, 1.82) is 0 Å². The highest BCUT2D eigenvalue weighted by molar-refractivity contribution is 5.72. The summed E-state index contributed by atoms with van der Waals surface area (Å²) in [5, 5.41) is 0. The Morgan fingerprint density at radius 1 is 1.16 bits per heavy atom. The number of carbonyl (C=O) groups excluding carboxylic acids is 1. The van der Waals surface area contributed by atoms with E-state index in [1.165, 1.54) is 20.0 Å². The highest BCUT2D eigenvalue weighted by Gasteiger charge is 2.19. The van der Waals surface area contributed by atoms with Gasteiger partial charge < -0.3 is 9.47 Å². The molecule has 0 bridgehead atoms. The van der Waals surface area contributed by atoms with Gasteiger partial charge in [-0.2, -0.15) is 0 Å². The molecule has 0 aliphatic heterocycles. The molecule has 2 rings (SSSR count). The average molecular weight is 262 g/mol. The number of esters is 1. The van der Waals surface area contributed by atoms with Crippen molar-refractivity contribution >= 4 is 5.97 Å². The van der Waals surface area contributed by atoms with Crippen LogP contribution in [0.15, 0.2) is 24.3 Å². The van der Waals surface area contributed by atoms with Gasteiger partial charge in [-0.3, -0.25) is 4.79 Å². The zero-order valence-corrected chi connectivity index (χ0v) is 11.7. The Hall–Kier alpha value is -1.51. The van der Waals surface area contributed by atoms with Crippen molar-refractivity contribution in [2.45, 2.75) is 45.1 Å². The molecule has 0 unspecified atom stereocenters. The van der Waals surface area contributed by atoms with Crippen LogP contribution in [0.2, 0.25) is 0 Å². The smallest absolute Gasteiger partial charge is 0.309 e. The van der Waals surface area contributed by atoms with Crippen LogP contribution in [0.3, 0.4) is 0 Å². The molecular weight excluding hydrogens is 240 g/mol. The molecule has 1 fully saturated rings. The van der Waals surface area contributed by atoms with Crippen molar-refractivity contribution in [3.8, 4) is 5.75 Å². The van der Waals surface area contributed by atoms with Gasteiger partial charge in [0.1, 0.15) is 5.75 Å². The fraction of sp³-hybridized carbons (Fsp3) is 0.562. The van der Waals surface area contributed by atoms with E-state index in [1.54, 1.807) is 0 Å². The number of hydrogen-bond donors (Lipinski definition) is 0. The standard InChI is InChI=1S/C16H22O3/c1-12-3-7-14(8-4-12)19-15-9-5-13(6-10-15)11-16(17)18-2/h5-6,9-10,12,14H,3-4,7-8,11H2,1-2H3. The van der Waals surface area contributed by atoms with E-state index in [-0.39, 0.29) is 5.97 Å². The third-order valence-corrected chi connectivity index (χ3v) is 3.77. The fourth-order valence-electron chi connectivity index (χ4n) is 2.46. The largest absolute Gasteiger partial charge is 0.490 e. The Bertz CT molecular complexity index is 403. The summed E-state index contributed by atoms with van der Waals surface area (Å²) >= 11 is 0. The second-order valence-electron chi connectivity index (χ2n) is 5.40. The third-order valence-electron chi connectivity index (χ3n) is 3.77. The van der Waals surface area contributed by atoms with E-state index in [9.17, 15) is 4.79 Å². The maximum Gasteiger partial charge on any atom is 0.309 e. The van der Waals surface area contributed by atoms with Crippen LogP contribution in [0.5, 0.6) is 5.75 Å². The van der Waals surface area contributed by atoms with Gasteiger partial charge in [-0.05, 0) is 49.3 Å². The molecule has 0 N–H and O–H groups in total. The van der Waals surface area contributed by atoms with Crippen LogP contribution in [-0.4, -0.2) is 19.2 Å². The zero-order chi connectivity index (χ0) is 13.7. The summed E-state index contributed by atoms with van der Waals surface area (Å²) in [7, 11) is 1.41. The summed E-state index contributed by atoms with van der Waals surface area (Å²) in [5.41, 5.74) is 0.955. The van der Waals surface area contributed by atoms with Crippen LogP contribution in [0.1, 0.15) is 38.2 Å². The molecule has 1 saturated carbocycles. The lowest BCUT2D eigenvalue weighted by Gasteiger charge is -2.26. The minimum Gasteiger partial charge on any atom is -0.490 e. The Balaban J connectivity index is 1.86. The molecule has 19 heavy (non-hydrogen) atoms. The summed E-state index contributed by atoms with van der Waals surface area (Å²) in [5.74, 6) is 1.52. The second-order valence-corrected chi connectivity index (χ2v) is 5.40. The van der Waals surface area contributed by atoms with Gasteiger partial charge in [0, 0.05) is 0 Å². The van der Waals surface area contributed by atoms with E-state index in [0.717, 1.165) is 30.1 Å². The van der Waals surface area contributed by atoms with Gasteiger partial charge in [-0.1, -0.05) is 19.1 Å². The maximum absolute atomic E-state index is 11.2. The highest BCUT2D eigenvalue weighted by atomic mass is 16.5.